The molecule has 0 aliphatic heterocycles. The molecule has 2 atom stereocenters. The Morgan fingerprint density at radius 3 is 1.30 bits per heavy atom. The maximum atomic E-state index is 10.2. The summed E-state index contributed by atoms with van der Waals surface area (Å²) in [5.41, 5.74) is 10.5. The lowest BCUT2D eigenvalue weighted by Crippen LogP contribution is -2.29. The first-order valence-electron chi connectivity index (χ1n) is 7.33. The fraction of sp³-hybridized carbons (Fsp3) is 0.857. The molecule has 0 aliphatic rings. The molecule has 0 spiro atoms. The van der Waals surface area contributed by atoms with Crippen LogP contribution in [0.2, 0.25) is 0 Å². The van der Waals surface area contributed by atoms with Crippen molar-refractivity contribution in [3.8, 4) is 0 Å². The van der Waals surface area contributed by atoms with Crippen LogP contribution in [0.3, 0.4) is 0 Å². The van der Waals surface area contributed by atoms with Gasteiger partial charge in [0.15, 0.2) is 0 Å². The topological polar surface area (TPSA) is 127 Å². The van der Waals surface area contributed by atoms with Gasteiger partial charge in [-0.1, -0.05) is 52.4 Å². The van der Waals surface area contributed by atoms with Gasteiger partial charge in [-0.25, -0.2) is 0 Å². The minimum Gasteiger partial charge on any atom is -0.480 e. The molecule has 0 aromatic rings. The van der Waals surface area contributed by atoms with Gasteiger partial charge in [0, 0.05) is 0 Å². The van der Waals surface area contributed by atoms with Gasteiger partial charge in [-0.15, -0.1) is 0 Å². The van der Waals surface area contributed by atoms with Crippen molar-refractivity contribution < 1.29 is 19.8 Å². The smallest absolute Gasteiger partial charge is 0.320 e. The van der Waals surface area contributed by atoms with Gasteiger partial charge in [-0.3, -0.25) is 9.59 Å². The Hall–Kier alpha value is -1.14. The molecule has 120 valence electrons. The Labute approximate surface area is 121 Å². The second-order valence-electron chi connectivity index (χ2n) is 4.88. The first-order chi connectivity index (χ1) is 9.36. The van der Waals surface area contributed by atoms with Crippen molar-refractivity contribution >= 4 is 11.9 Å². The summed E-state index contributed by atoms with van der Waals surface area (Å²) < 4.78 is 0. The Morgan fingerprint density at radius 1 is 0.800 bits per heavy atom. The number of carboxylic acid groups (broad SMARTS) is 2. The highest BCUT2D eigenvalue weighted by molar-refractivity contribution is 5.73. The van der Waals surface area contributed by atoms with E-state index in [1.54, 1.807) is 0 Å². The predicted molar refractivity (Wildman–Crippen MR) is 79.5 cm³/mol. The molecule has 6 N–H and O–H groups in total. The molecule has 20 heavy (non-hydrogen) atoms. The minimum absolute atomic E-state index is 0.600. The number of unbranched alkanes of at least 4 members (excludes halogenated alkanes) is 4. The molecule has 2 unspecified atom stereocenters. The molecule has 0 radical (unpaired) electrons. The van der Waals surface area contributed by atoms with E-state index >= 15 is 0 Å². The standard InChI is InChI=1S/2C7H15NO2/c2*1-2-3-4-5-6(8)7(9)10/h2*6H,2-5,8H2,1H3,(H,9,10). The van der Waals surface area contributed by atoms with Crippen molar-refractivity contribution in [2.45, 2.75) is 77.3 Å². The average molecular weight is 290 g/mol. The monoisotopic (exact) mass is 290 g/mol. The van der Waals surface area contributed by atoms with Crippen LogP contribution in [0.4, 0.5) is 0 Å². The predicted octanol–water partition coefficient (Wildman–Crippen LogP) is 1.96. The first-order valence-corrected chi connectivity index (χ1v) is 7.33. The highest BCUT2D eigenvalue weighted by atomic mass is 16.4. The van der Waals surface area contributed by atoms with Crippen molar-refractivity contribution in [2.75, 3.05) is 0 Å². The van der Waals surface area contributed by atoms with E-state index in [0.29, 0.717) is 12.8 Å². The summed E-state index contributed by atoms with van der Waals surface area (Å²) >= 11 is 0. The Morgan fingerprint density at radius 2 is 1.10 bits per heavy atom. The highest BCUT2D eigenvalue weighted by Gasteiger charge is 2.09. The van der Waals surface area contributed by atoms with Crippen molar-refractivity contribution in [3.05, 3.63) is 0 Å². The zero-order valence-corrected chi connectivity index (χ0v) is 12.7. The first kappa shape index (κ1) is 21.2. The van der Waals surface area contributed by atoms with E-state index in [1.807, 2.05) is 0 Å². The molecule has 0 rings (SSSR count). The molecule has 0 aromatic heterocycles. The summed E-state index contributed by atoms with van der Waals surface area (Å²) in [5.74, 6) is -1.78. The molecule has 0 heterocycles. The third-order valence-electron chi connectivity index (χ3n) is 2.87. The van der Waals surface area contributed by atoms with Crippen LogP contribution in [0.5, 0.6) is 0 Å². The van der Waals surface area contributed by atoms with Crippen LogP contribution in [0.1, 0.15) is 65.2 Å². The van der Waals surface area contributed by atoms with E-state index in [2.05, 4.69) is 13.8 Å². The van der Waals surface area contributed by atoms with Gasteiger partial charge in [-0.05, 0) is 12.8 Å². The van der Waals surface area contributed by atoms with Gasteiger partial charge in [0.05, 0.1) is 0 Å². The molecule has 0 saturated heterocycles. The summed E-state index contributed by atoms with van der Waals surface area (Å²) in [4.78, 5) is 20.3. The molecule has 0 saturated carbocycles. The lowest BCUT2D eigenvalue weighted by atomic mass is 10.1. The fourth-order valence-corrected chi connectivity index (χ4v) is 1.48. The Bertz CT molecular complexity index is 234. The largest absolute Gasteiger partial charge is 0.480 e. The zero-order chi connectivity index (χ0) is 16.0. The molecule has 0 amide bonds. The molecule has 0 aromatic carbocycles. The van der Waals surface area contributed by atoms with E-state index in [9.17, 15) is 9.59 Å². The lowest BCUT2D eigenvalue weighted by Gasteiger charge is -2.03. The number of hydrogen-bond donors (Lipinski definition) is 4. The quantitative estimate of drug-likeness (QED) is 0.455. The van der Waals surface area contributed by atoms with E-state index in [-0.39, 0.29) is 0 Å². The normalized spacial score (nSPS) is 13.0. The van der Waals surface area contributed by atoms with Crippen molar-refractivity contribution in [2.24, 2.45) is 11.5 Å². The van der Waals surface area contributed by atoms with Gasteiger partial charge in [-0.2, -0.15) is 0 Å². The van der Waals surface area contributed by atoms with Crippen LogP contribution < -0.4 is 11.5 Å². The van der Waals surface area contributed by atoms with Crippen LogP contribution in [0.15, 0.2) is 0 Å². The van der Waals surface area contributed by atoms with E-state index in [4.69, 9.17) is 21.7 Å². The van der Waals surface area contributed by atoms with Crippen LogP contribution in [-0.2, 0) is 9.59 Å². The molecule has 0 fully saturated rings. The molecule has 6 nitrogen and oxygen atoms in total. The number of rotatable bonds is 10. The van der Waals surface area contributed by atoms with Gasteiger partial charge in [0.2, 0.25) is 0 Å². The maximum Gasteiger partial charge on any atom is 0.320 e. The lowest BCUT2D eigenvalue weighted by molar-refractivity contribution is -0.139. The van der Waals surface area contributed by atoms with Gasteiger partial charge in [0.25, 0.3) is 0 Å². The number of hydrogen-bond acceptors (Lipinski definition) is 4. The molecular weight excluding hydrogens is 260 g/mol. The number of nitrogens with two attached hydrogens (primary N) is 2. The number of carbonyl (C=O) groups is 2. The minimum atomic E-state index is -0.892. The summed E-state index contributed by atoms with van der Waals surface area (Å²) in [6.45, 7) is 4.15. The van der Waals surface area contributed by atoms with Crippen LogP contribution in [0, 0.1) is 0 Å². The number of carboxylic acids is 2. The van der Waals surface area contributed by atoms with Crippen molar-refractivity contribution in [1.29, 1.82) is 0 Å². The van der Waals surface area contributed by atoms with Gasteiger partial charge in [0.1, 0.15) is 12.1 Å². The average Bonchev–Trinajstić information content (AvgIpc) is 2.39. The van der Waals surface area contributed by atoms with Crippen LogP contribution >= 0.6 is 0 Å². The van der Waals surface area contributed by atoms with Crippen LogP contribution in [-0.4, -0.2) is 34.2 Å². The second kappa shape index (κ2) is 14.3. The highest BCUT2D eigenvalue weighted by Crippen LogP contribution is 2.01. The van der Waals surface area contributed by atoms with Crippen molar-refractivity contribution in [3.63, 3.8) is 0 Å². The summed E-state index contributed by atoms with van der Waals surface area (Å²) in [5, 5.41) is 16.7. The molecule has 0 bridgehead atoms. The summed E-state index contributed by atoms with van der Waals surface area (Å²) in [6.07, 6.45) is 7.39. The van der Waals surface area contributed by atoms with E-state index < -0.39 is 24.0 Å². The Kier molecular flexibility index (Phi) is 15.1. The van der Waals surface area contributed by atoms with Crippen LogP contribution in [0.25, 0.3) is 0 Å². The third-order valence-corrected chi connectivity index (χ3v) is 2.87. The Balaban J connectivity index is 0. The summed E-state index contributed by atoms with van der Waals surface area (Å²) in [6, 6.07) is -1.32. The number of aliphatic carboxylic acids is 2. The maximum absolute atomic E-state index is 10.2. The van der Waals surface area contributed by atoms with Crippen molar-refractivity contribution in [1.82, 2.24) is 0 Å². The fourth-order valence-electron chi connectivity index (χ4n) is 1.48. The van der Waals surface area contributed by atoms with Gasteiger partial charge >= 0.3 is 11.9 Å². The third kappa shape index (κ3) is 14.9. The second-order valence-corrected chi connectivity index (χ2v) is 4.88. The SMILES string of the molecule is CCCCCC(N)C(=O)O.CCCCCC(N)C(=O)O. The molecule has 0 aliphatic carbocycles. The molecule has 6 heteroatoms. The zero-order valence-electron chi connectivity index (χ0n) is 12.7. The molecular formula is C14H30N2O4. The van der Waals surface area contributed by atoms with E-state index in [0.717, 1.165) is 38.5 Å². The van der Waals surface area contributed by atoms with Gasteiger partial charge < -0.3 is 21.7 Å². The van der Waals surface area contributed by atoms with E-state index in [1.165, 1.54) is 0 Å². The summed E-state index contributed by atoms with van der Waals surface area (Å²) in [7, 11) is 0.